The van der Waals surface area contributed by atoms with Gasteiger partial charge >= 0.3 is 0 Å². The first-order valence-electron chi connectivity index (χ1n) is 6.82. The van der Waals surface area contributed by atoms with E-state index < -0.39 is 0 Å². The molecule has 0 bridgehead atoms. The van der Waals surface area contributed by atoms with E-state index in [0.29, 0.717) is 0 Å². The van der Waals surface area contributed by atoms with Gasteiger partial charge in [-0.05, 0) is 32.6 Å². The molecule has 0 aromatic heterocycles. The van der Waals surface area contributed by atoms with Crippen LogP contribution in [0.25, 0.3) is 0 Å². The molecular weight excluding hydrogens is 216 g/mol. The van der Waals surface area contributed by atoms with E-state index >= 15 is 0 Å². The summed E-state index contributed by atoms with van der Waals surface area (Å²) < 4.78 is 5.71. The maximum absolute atomic E-state index is 11.7. The van der Waals surface area contributed by atoms with Gasteiger partial charge in [-0.15, -0.1) is 0 Å². The molecule has 4 heteroatoms. The van der Waals surface area contributed by atoms with Crippen LogP contribution in [0, 0.1) is 0 Å². The zero-order valence-corrected chi connectivity index (χ0v) is 11.1. The molecule has 1 rings (SSSR count). The highest BCUT2D eigenvalue weighted by molar-refractivity contribution is 5.80. The van der Waals surface area contributed by atoms with E-state index in [-0.39, 0.29) is 24.2 Å². The molecule has 1 aliphatic rings. The van der Waals surface area contributed by atoms with E-state index in [2.05, 4.69) is 12.2 Å². The van der Waals surface area contributed by atoms with Gasteiger partial charge in [0.15, 0.2) is 0 Å². The molecule has 0 aromatic rings. The summed E-state index contributed by atoms with van der Waals surface area (Å²) in [5, 5.41) is 2.91. The highest BCUT2D eigenvalue weighted by Gasteiger charge is 2.26. The Labute approximate surface area is 104 Å². The second-order valence-corrected chi connectivity index (χ2v) is 4.97. The number of amides is 1. The lowest BCUT2D eigenvalue weighted by molar-refractivity contribution is -0.135. The van der Waals surface area contributed by atoms with Gasteiger partial charge in [-0.3, -0.25) is 4.79 Å². The van der Waals surface area contributed by atoms with Crippen molar-refractivity contribution in [3.8, 4) is 0 Å². The SMILES string of the molecule is CCCCCNC(=O)C(C)OC1CCC(N)C1. The number of carbonyl (C=O) groups is 1. The van der Waals surface area contributed by atoms with Crippen LogP contribution in [0.4, 0.5) is 0 Å². The zero-order chi connectivity index (χ0) is 12.7. The lowest BCUT2D eigenvalue weighted by Gasteiger charge is -2.18. The highest BCUT2D eigenvalue weighted by atomic mass is 16.5. The van der Waals surface area contributed by atoms with E-state index in [1.807, 2.05) is 6.92 Å². The summed E-state index contributed by atoms with van der Waals surface area (Å²) in [5.74, 6) is 0.00146. The summed E-state index contributed by atoms with van der Waals surface area (Å²) in [6.07, 6.45) is 6.06. The van der Waals surface area contributed by atoms with Gasteiger partial charge in [0.05, 0.1) is 6.10 Å². The van der Waals surface area contributed by atoms with Crippen LogP contribution >= 0.6 is 0 Å². The predicted molar refractivity (Wildman–Crippen MR) is 68.7 cm³/mol. The lowest BCUT2D eigenvalue weighted by Crippen LogP contribution is -2.37. The van der Waals surface area contributed by atoms with Crippen molar-refractivity contribution in [1.29, 1.82) is 0 Å². The van der Waals surface area contributed by atoms with Gasteiger partial charge in [0.2, 0.25) is 5.91 Å². The van der Waals surface area contributed by atoms with Crippen molar-refractivity contribution in [2.45, 2.75) is 70.6 Å². The van der Waals surface area contributed by atoms with Crippen molar-refractivity contribution in [2.75, 3.05) is 6.54 Å². The topological polar surface area (TPSA) is 64.3 Å². The number of ether oxygens (including phenoxy) is 1. The summed E-state index contributed by atoms with van der Waals surface area (Å²) in [6, 6.07) is 0.250. The number of rotatable bonds is 7. The molecule has 0 aromatic carbocycles. The third-order valence-electron chi connectivity index (χ3n) is 3.27. The zero-order valence-electron chi connectivity index (χ0n) is 11.1. The highest BCUT2D eigenvalue weighted by Crippen LogP contribution is 2.21. The van der Waals surface area contributed by atoms with Gasteiger partial charge in [0, 0.05) is 12.6 Å². The fourth-order valence-electron chi connectivity index (χ4n) is 2.18. The fourth-order valence-corrected chi connectivity index (χ4v) is 2.18. The number of nitrogens with one attached hydrogen (secondary N) is 1. The average molecular weight is 242 g/mol. The Hall–Kier alpha value is -0.610. The number of carbonyl (C=O) groups excluding carboxylic acids is 1. The lowest BCUT2D eigenvalue weighted by atomic mass is 10.2. The minimum absolute atomic E-state index is 0.00146. The van der Waals surface area contributed by atoms with Crippen molar-refractivity contribution in [3.63, 3.8) is 0 Å². The van der Waals surface area contributed by atoms with Gasteiger partial charge in [-0.25, -0.2) is 0 Å². The Kier molecular flexibility index (Phi) is 6.52. The summed E-state index contributed by atoms with van der Waals surface area (Å²) in [5.41, 5.74) is 5.81. The normalized spacial score (nSPS) is 25.8. The average Bonchev–Trinajstić information content (AvgIpc) is 2.70. The first-order valence-corrected chi connectivity index (χ1v) is 6.82. The summed E-state index contributed by atoms with van der Waals surface area (Å²) >= 11 is 0. The van der Waals surface area contributed by atoms with Crippen molar-refractivity contribution >= 4 is 5.91 Å². The van der Waals surface area contributed by atoms with Crippen molar-refractivity contribution in [2.24, 2.45) is 5.73 Å². The Morgan fingerprint density at radius 3 is 2.82 bits per heavy atom. The smallest absolute Gasteiger partial charge is 0.248 e. The van der Waals surface area contributed by atoms with E-state index in [1.54, 1.807) is 0 Å². The maximum Gasteiger partial charge on any atom is 0.248 e. The van der Waals surface area contributed by atoms with Gasteiger partial charge in [0.1, 0.15) is 6.10 Å². The molecule has 3 N–H and O–H groups in total. The molecule has 0 saturated heterocycles. The molecule has 1 amide bonds. The number of hydrogen-bond donors (Lipinski definition) is 2. The summed E-state index contributed by atoms with van der Waals surface area (Å²) in [7, 11) is 0. The van der Waals surface area contributed by atoms with E-state index in [9.17, 15) is 4.79 Å². The van der Waals surface area contributed by atoms with Crippen LogP contribution < -0.4 is 11.1 Å². The van der Waals surface area contributed by atoms with E-state index in [0.717, 1.165) is 38.6 Å². The summed E-state index contributed by atoms with van der Waals surface area (Å²) in [4.78, 5) is 11.7. The molecule has 17 heavy (non-hydrogen) atoms. The number of nitrogens with two attached hydrogens (primary N) is 1. The quantitative estimate of drug-likeness (QED) is 0.666. The Morgan fingerprint density at radius 2 is 2.24 bits per heavy atom. The van der Waals surface area contributed by atoms with Gasteiger partial charge in [0.25, 0.3) is 0 Å². The van der Waals surface area contributed by atoms with Crippen LogP contribution in [0.2, 0.25) is 0 Å². The van der Waals surface area contributed by atoms with Gasteiger partial charge in [-0.2, -0.15) is 0 Å². The number of unbranched alkanes of at least 4 members (excludes halogenated alkanes) is 2. The van der Waals surface area contributed by atoms with Crippen LogP contribution in [0.15, 0.2) is 0 Å². The molecule has 1 saturated carbocycles. The molecule has 4 nitrogen and oxygen atoms in total. The largest absolute Gasteiger partial charge is 0.365 e. The Balaban J connectivity index is 2.13. The minimum atomic E-state index is -0.355. The fraction of sp³-hybridized carbons (Fsp3) is 0.923. The summed E-state index contributed by atoms with van der Waals surface area (Å²) in [6.45, 7) is 4.72. The Bertz CT molecular complexity index is 233. The molecule has 0 heterocycles. The van der Waals surface area contributed by atoms with Crippen LogP contribution in [0.5, 0.6) is 0 Å². The standard InChI is InChI=1S/C13H26N2O2/c1-3-4-5-8-15-13(16)10(2)17-12-7-6-11(14)9-12/h10-12H,3-9,14H2,1-2H3,(H,15,16). The third kappa shape index (κ3) is 5.50. The van der Waals surface area contributed by atoms with Gasteiger partial charge in [-0.1, -0.05) is 19.8 Å². The second-order valence-electron chi connectivity index (χ2n) is 4.97. The molecular formula is C13H26N2O2. The third-order valence-corrected chi connectivity index (χ3v) is 3.27. The molecule has 1 fully saturated rings. The molecule has 3 atom stereocenters. The van der Waals surface area contributed by atoms with Gasteiger partial charge < -0.3 is 15.8 Å². The minimum Gasteiger partial charge on any atom is -0.365 e. The van der Waals surface area contributed by atoms with Crippen LogP contribution in [-0.4, -0.2) is 30.7 Å². The number of hydrogen-bond acceptors (Lipinski definition) is 3. The molecule has 1 aliphatic carbocycles. The van der Waals surface area contributed by atoms with Crippen LogP contribution in [0.3, 0.4) is 0 Å². The molecule has 3 unspecified atom stereocenters. The molecule has 0 aliphatic heterocycles. The Morgan fingerprint density at radius 1 is 1.47 bits per heavy atom. The van der Waals surface area contributed by atoms with Crippen molar-refractivity contribution in [3.05, 3.63) is 0 Å². The predicted octanol–water partition coefficient (Wildman–Crippen LogP) is 1.58. The second kappa shape index (κ2) is 7.67. The molecule has 100 valence electrons. The van der Waals surface area contributed by atoms with E-state index in [1.165, 1.54) is 6.42 Å². The van der Waals surface area contributed by atoms with Crippen molar-refractivity contribution in [1.82, 2.24) is 5.32 Å². The van der Waals surface area contributed by atoms with E-state index in [4.69, 9.17) is 10.5 Å². The monoisotopic (exact) mass is 242 g/mol. The van der Waals surface area contributed by atoms with Crippen LogP contribution in [0.1, 0.15) is 52.4 Å². The molecule has 0 spiro atoms. The first-order chi connectivity index (χ1) is 8.13. The maximum atomic E-state index is 11.7. The first kappa shape index (κ1) is 14.5. The van der Waals surface area contributed by atoms with Crippen LogP contribution in [-0.2, 0) is 9.53 Å². The molecule has 0 radical (unpaired) electrons. The van der Waals surface area contributed by atoms with Crippen molar-refractivity contribution < 1.29 is 9.53 Å².